The zero-order chi connectivity index (χ0) is 14.7. The smallest absolute Gasteiger partial charge is 0.0832 e. The molecule has 1 aliphatic rings. The van der Waals surface area contributed by atoms with Crippen LogP contribution >= 0.6 is 0 Å². The maximum absolute atomic E-state index is 9.07. The van der Waals surface area contributed by atoms with Crippen molar-refractivity contribution in [3.63, 3.8) is 0 Å². The van der Waals surface area contributed by atoms with Crippen molar-refractivity contribution in [1.82, 2.24) is 0 Å². The fourth-order valence-electron chi connectivity index (χ4n) is 3.08. The van der Waals surface area contributed by atoms with E-state index in [0.29, 0.717) is 12.5 Å². The molecule has 0 heterocycles. The number of aliphatic hydroxyl groups excluding tert-OH is 1. The highest BCUT2D eigenvalue weighted by molar-refractivity contribution is 5.34. The van der Waals surface area contributed by atoms with Gasteiger partial charge < -0.3 is 9.84 Å². The van der Waals surface area contributed by atoms with E-state index < -0.39 is 0 Å². The second-order valence-corrected chi connectivity index (χ2v) is 5.88. The summed E-state index contributed by atoms with van der Waals surface area (Å²) in [5.74, 6) is 0.630. The lowest BCUT2D eigenvalue weighted by Gasteiger charge is -2.29. The van der Waals surface area contributed by atoms with Crippen molar-refractivity contribution < 1.29 is 9.84 Å². The molecular weight excluding hydrogens is 260 g/mol. The first-order valence-electron chi connectivity index (χ1n) is 7.67. The Morgan fingerprint density at radius 1 is 0.952 bits per heavy atom. The van der Waals surface area contributed by atoms with Crippen molar-refractivity contribution in [3.8, 4) is 0 Å². The van der Waals surface area contributed by atoms with Gasteiger partial charge in [-0.2, -0.15) is 0 Å². The lowest BCUT2D eigenvalue weighted by molar-refractivity contribution is 0.0262. The molecule has 2 nitrogen and oxygen atoms in total. The van der Waals surface area contributed by atoms with Crippen LogP contribution in [-0.4, -0.2) is 5.11 Å². The molecule has 2 atom stereocenters. The number of fused-ring (bicyclic) bond motifs is 1. The van der Waals surface area contributed by atoms with Gasteiger partial charge in [0.15, 0.2) is 0 Å². The van der Waals surface area contributed by atoms with Crippen LogP contribution in [0.3, 0.4) is 0 Å². The van der Waals surface area contributed by atoms with Crippen molar-refractivity contribution in [2.45, 2.75) is 45.0 Å². The Bertz CT molecular complexity index is 589. The van der Waals surface area contributed by atoms with Gasteiger partial charge in [0, 0.05) is 0 Å². The normalized spacial score (nSPS) is 21.0. The predicted molar refractivity (Wildman–Crippen MR) is 84.0 cm³/mol. The molecule has 2 aromatic carbocycles. The second kappa shape index (κ2) is 6.42. The van der Waals surface area contributed by atoms with Gasteiger partial charge in [-0.15, -0.1) is 0 Å². The van der Waals surface area contributed by atoms with E-state index in [1.807, 2.05) is 24.3 Å². The van der Waals surface area contributed by atoms with Crippen molar-refractivity contribution in [3.05, 3.63) is 70.8 Å². The average Bonchev–Trinajstić information content (AvgIpc) is 2.55. The third-order valence-corrected chi connectivity index (χ3v) is 4.39. The number of hydrogen-bond acceptors (Lipinski definition) is 2. The number of rotatable bonds is 4. The SMILES string of the molecule is CC1CCC(OCc2ccc(CO)cc2)c2ccccc21. The average molecular weight is 282 g/mol. The predicted octanol–water partition coefficient (Wildman–Crippen LogP) is 4.33. The summed E-state index contributed by atoms with van der Waals surface area (Å²) in [7, 11) is 0. The topological polar surface area (TPSA) is 29.5 Å². The van der Waals surface area contributed by atoms with Crippen molar-refractivity contribution in [2.24, 2.45) is 0 Å². The standard InChI is InChI=1S/C19H22O2/c1-14-6-11-19(18-5-3-2-4-17(14)18)21-13-16-9-7-15(12-20)8-10-16/h2-5,7-10,14,19-20H,6,11-13H2,1H3. The summed E-state index contributed by atoms with van der Waals surface area (Å²) >= 11 is 0. The van der Waals surface area contributed by atoms with Crippen LogP contribution in [0.4, 0.5) is 0 Å². The van der Waals surface area contributed by atoms with Gasteiger partial charge >= 0.3 is 0 Å². The zero-order valence-electron chi connectivity index (χ0n) is 12.5. The Kier molecular flexibility index (Phi) is 4.37. The summed E-state index contributed by atoms with van der Waals surface area (Å²) in [5, 5.41) is 9.07. The minimum absolute atomic E-state index is 0.0923. The third kappa shape index (κ3) is 3.17. The van der Waals surface area contributed by atoms with E-state index in [0.717, 1.165) is 17.5 Å². The van der Waals surface area contributed by atoms with Crippen LogP contribution in [0.2, 0.25) is 0 Å². The molecule has 110 valence electrons. The van der Waals surface area contributed by atoms with Crippen molar-refractivity contribution in [2.75, 3.05) is 0 Å². The van der Waals surface area contributed by atoms with Crippen LogP contribution in [0.15, 0.2) is 48.5 Å². The molecule has 2 aromatic rings. The molecule has 0 amide bonds. The van der Waals surface area contributed by atoms with Crippen LogP contribution in [0.1, 0.15) is 54.0 Å². The molecule has 3 rings (SSSR count). The van der Waals surface area contributed by atoms with E-state index in [1.165, 1.54) is 17.5 Å². The summed E-state index contributed by atoms with van der Waals surface area (Å²) < 4.78 is 6.15. The lowest BCUT2D eigenvalue weighted by Crippen LogP contribution is -2.15. The molecule has 0 radical (unpaired) electrons. The van der Waals surface area contributed by atoms with E-state index in [9.17, 15) is 0 Å². The summed E-state index contributed by atoms with van der Waals surface area (Å²) in [6, 6.07) is 16.6. The van der Waals surface area contributed by atoms with Gasteiger partial charge in [-0.25, -0.2) is 0 Å². The highest BCUT2D eigenvalue weighted by Gasteiger charge is 2.24. The maximum atomic E-state index is 9.07. The first-order chi connectivity index (χ1) is 10.3. The molecule has 0 bridgehead atoms. The number of hydrogen-bond donors (Lipinski definition) is 1. The van der Waals surface area contributed by atoms with Gasteiger partial charge in [-0.1, -0.05) is 55.5 Å². The Balaban J connectivity index is 1.69. The number of aliphatic hydroxyl groups is 1. The summed E-state index contributed by atoms with van der Waals surface area (Å²) in [4.78, 5) is 0. The quantitative estimate of drug-likeness (QED) is 0.904. The molecule has 0 aliphatic heterocycles. The highest BCUT2D eigenvalue weighted by atomic mass is 16.5. The molecular formula is C19H22O2. The third-order valence-electron chi connectivity index (χ3n) is 4.39. The fraction of sp³-hybridized carbons (Fsp3) is 0.368. The van der Waals surface area contributed by atoms with Gasteiger partial charge in [0.2, 0.25) is 0 Å². The fourth-order valence-corrected chi connectivity index (χ4v) is 3.08. The highest BCUT2D eigenvalue weighted by Crippen LogP contribution is 2.39. The number of ether oxygens (including phenoxy) is 1. The molecule has 21 heavy (non-hydrogen) atoms. The molecule has 2 heteroatoms. The van der Waals surface area contributed by atoms with E-state index in [2.05, 4.69) is 31.2 Å². The minimum Gasteiger partial charge on any atom is -0.392 e. The Morgan fingerprint density at radius 3 is 2.33 bits per heavy atom. The molecule has 0 fully saturated rings. The first-order valence-corrected chi connectivity index (χ1v) is 7.67. The van der Waals surface area contributed by atoms with E-state index in [4.69, 9.17) is 9.84 Å². The Labute approximate surface area is 126 Å². The Morgan fingerprint density at radius 2 is 1.62 bits per heavy atom. The van der Waals surface area contributed by atoms with Crippen LogP contribution in [0, 0.1) is 0 Å². The summed E-state index contributed by atoms with van der Waals surface area (Å²) in [6.45, 7) is 3.01. The van der Waals surface area contributed by atoms with Crippen LogP contribution in [0.5, 0.6) is 0 Å². The van der Waals surface area contributed by atoms with Gasteiger partial charge in [0.05, 0.1) is 19.3 Å². The number of benzene rings is 2. The van der Waals surface area contributed by atoms with E-state index in [-0.39, 0.29) is 12.7 Å². The van der Waals surface area contributed by atoms with Crippen molar-refractivity contribution >= 4 is 0 Å². The molecule has 2 unspecified atom stereocenters. The van der Waals surface area contributed by atoms with Crippen LogP contribution in [-0.2, 0) is 18.0 Å². The molecule has 1 N–H and O–H groups in total. The first kappa shape index (κ1) is 14.3. The van der Waals surface area contributed by atoms with Gasteiger partial charge in [-0.05, 0) is 41.0 Å². The van der Waals surface area contributed by atoms with E-state index in [1.54, 1.807) is 0 Å². The lowest BCUT2D eigenvalue weighted by atomic mass is 9.82. The summed E-state index contributed by atoms with van der Waals surface area (Å²) in [6.07, 6.45) is 2.48. The van der Waals surface area contributed by atoms with E-state index >= 15 is 0 Å². The molecule has 1 aliphatic carbocycles. The van der Waals surface area contributed by atoms with Crippen LogP contribution in [0.25, 0.3) is 0 Å². The molecule has 0 aromatic heterocycles. The second-order valence-electron chi connectivity index (χ2n) is 5.88. The largest absolute Gasteiger partial charge is 0.392 e. The van der Waals surface area contributed by atoms with Gasteiger partial charge in [-0.3, -0.25) is 0 Å². The maximum Gasteiger partial charge on any atom is 0.0832 e. The van der Waals surface area contributed by atoms with Crippen molar-refractivity contribution in [1.29, 1.82) is 0 Å². The zero-order valence-corrected chi connectivity index (χ0v) is 12.5. The molecule has 0 saturated heterocycles. The van der Waals surface area contributed by atoms with Gasteiger partial charge in [0.1, 0.15) is 0 Å². The summed E-state index contributed by atoms with van der Waals surface area (Å²) in [5.41, 5.74) is 4.88. The molecule has 0 spiro atoms. The monoisotopic (exact) mass is 282 g/mol. The molecule has 0 saturated carbocycles. The Hall–Kier alpha value is -1.64. The van der Waals surface area contributed by atoms with Crippen LogP contribution < -0.4 is 0 Å². The van der Waals surface area contributed by atoms with Gasteiger partial charge in [0.25, 0.3) is 0 Å². The minimum atomic E-state index is 0.0923.